The molecule has 2 aromatic rings. The van der Waals surface area contributed by atoms with Crippen LogP contribution < -0.4 is 5.32 Å². The van der Waals surface area contributed by atoms with Crippen LogP contribution in [-0.2, 0) is 9.53 Å². The molecule has 148 valence electrons. The van der Waals surface area contributed by atoms with Crippen molar-refractivity contribution in [1.29, 1.82) is 0 Å². The number of hydrogen-bond acceptors (Lipinski definition) is 6. The van der Waals surface area contributed by atoms with E-state index >= 15 is 0 Å². The van der Waals surface area contributed by atoms with Crippen LogP contribution in [0, 0.1) is 5.92 Å². The van der Waals surface area contributed by atoms with Crippen molar-refractivity contribution in [2.24, 2.45) is 5.92 Å². The molecular weight excluding hydrogens is 356 g/mol. The quantitative estimate of drug-likeness (QED) is 0.816. The van der Waals surface area contributed by atoms with Crippen molar-refractivity contribution in [3.8, 4) is 0 Å². The Morgan fingerprint density at radius 1 is 1.11 bits per heavy atom. The van der Waals surface area contributed by atoms with Crippen LogP contribution in [0.5, 0.6) is 0 Å². The van der Waals surface area contributed by atoms with E-state index in [0.29, 0.717) is 37.6 Å². The van der Waals surface area contributed by atoms with Crippen LogP contribution in [0.4, 0.5) is 11.6 Å². The summed E-state index contributed by atoms with van der Waals surface area (Å²) in [6, 6.07) is 11.2. The first kappa shape index (κ1) is 19.8. The molecule has 2 heterocycles. The Bertz CT molecular complexity index is 825. The molecule has 1 aromatic heterocycles. The average Bonchev–Trinajstić information content (AvgIpc) is 2.67. The third-order valence-corrected chi connectivity index (χ3v) is 4.43. The Morgan fingerprint density at radius 2 is 1.79 bits per heavy atom. The predicted octanol–water partition coefficient (Wildman–Crippen LogP) is 3.41. The lowest BCUT2D eigenvalue weighted by molar-refractivity contribution is -0.161. The van der Waals surface area contributed by atoms with Gasteiger partial charge in [0.25, 0.3) is 5.91 Å². The van der Waals surface area contributed by atoms with Gasteiger partial charge in [-0.1, -0.05) is 18.2 Å². The lowest BCUT2D eigenvalue weighted by Gasteiger charge is -2.32. The van der Waals surface area contributed by atoms with Crippen molar-refractivity contribution in [2.75, 3.05) is 18.4 Å². The number of likely N-dealkylation sites (tertiary alicyclic amines) is 1. The smallest absolute Gasteiger partial charge is 0.309 e. The maximum Gasteiger partial charge on any atom is 0.309 e. The van der Waals surface area contributed by atoms with E-state index in [1.807, 2.05) is 51.1 Å². The molecule has 1 aliphatic rings. The number of hydrogen-bond donors (Lipinski definition) is 1. The van der Waals surface area contributed by atoms with E-state index in [1.165, 1.54) is 0 Å². The number of carbonyl (C=O) groups is 2. The highest BCUT2D eigenvalue weighted by molar-refractivity contribution is 5.92. The zero-order valence-electron chi connectivity index (χ0n) is 16.5. The molecular formula is C21H26N4O3. The van der Waals surface area contributed by atoms with Gasteiger partial charge in [-0.05, 0) is 51.8 Å². The van der Waals surface area contributed by atoms with Gasteiger partial charge in [0.15, 0.2) is 0 Å². The van der Waals surface area contributed by atoms with Crippen molar-refractivity contribution < 1.29 is 14.3 Å². The Balaban J connectivity index is 1.59. The molecule has 0 radical (unpaired) electrons. The molecule has 0 atom stereocenters. The second-order valence-corrected chi connectivity index (χ2v) is 7.86. The number of benzene rings is 1. The molecule has 0 bridgehead atoms. The molecule has 0 spiro atoms. The minimum Gasteiger partial charge on any atom is -0.460 e. The number of esters is 1. The zero-order valence-corrected chi connectivity index (χ0v) is 16.5. The van der Waals surface area contributed by atoms with E-state index in [1.54, 1.807) is 17.2 Å². The molecule has 28 heavy (non-hydrogen) atoms. The number of anilines is 2. The van der Waals surface area contributed by atoms with Gasteiger partial charge in [0, 0.05) is 25.0 Å². The maximum atomic E-state index is 12.8. The molecule has 1 aliphatic heterocycles. The number of para-hydroxylation sites is 1. The molecule has 0 saturated carbocycles. The van der Waals surface area contributed by atoms with Gasteiger partial charge in [0.05, 0.1) is 5.92 Å². The number of amides is 1. The van der Waals surface area contributed by atoms with Gasteiger partial charge in [0.1, 0.15) is 11.3 Å². The Morgan fingerprint density at radius 3 is 2.43 bits per heavy atom. The number of rotatable bonds is 4. The average molecular weight is 382 g/mol. The standard InChI is InChI=1S/C21H26N4O3/c1-21(2,3)28-19(27)15-10-13-25(14-11-15)18(26)17-9-12-22-20(24-17)23-16-7-5-4-6-8-16/h4-9,12,15H,10-11,13-14H2,1-3H3,(H,22,23,24). The lowest BCUT2D eigenvalue weighted by atomic mass is 9.96. The van der Waals surface area contributed by atoms with Gasteiger partial charge in [-0.15, -0.1) is 0 Å². The zero-order chi connectivity index (χ0) is 20.1. The van der Waals surface area contributed by atoms with Crippen LogP contribution >= 0.6 is 0 Å². The summed E-state index contributed by atoms with van der Waals surface area (Å²) in [5.74, 6) is -0.123. The van der Waals surface area contributed by atoms with E-state index in [4.69, 9.17) is 4.74 Å². The van der Waals surface area contributed by atoms with Crippen LogP contribution in [0.15, 0.2) is 42.6 Å². The first-order valence-electron chi connectivity index (χ1n) is 9.49. The summed E-state index contributed by atoms with van der Waals surface area (Å²) in [6.45, 7) is 6.60. The molecule has 3 rings (SSSR count). The van der Waals surface area contributed by atoms with E-state index in [-0.39, 0.29) is 17.8 Å². The first-order valence-corrected chi connectivity index (χ1v) is 9.49. The number of nitrogens with one attached hydrogen (secondary N) is 1. The number of ether oxygens (including phenoxy) is 1. The Labute approximate surface area is 165 Å². The number of aromatic nitrogens is 2. The van der Waals surface area contributed by atoms with Crippen molar-refractivity contribution in [3.05, 3.63) is 48.3 Å². The molecule has 0 unspecified atom stereocenters. The normalized spacial score (nSPS) is 15.2. The van der Waals surface area contributed by atoms with E-state index < -0.39 is 5.60 Å². The molecule has 1 saturated heterocycles. The van der Waals surface area contributed by atoms with Crippen molar-refractivity contribution in [2.45, 2.75) is 39.2 Å². The topological polar surface area (TPSA) is 84.4 Å². The summed E-state index contributed by atoms with van der Waals surface area (Å²) in [5.41, 5.74) is 0.696. The number of piperidine rings is 1. The minimum atomic E-state index is -0.493. The monoisotopic (exact) mass is 382 g/mol. The summed E-state index contributed by atoms with van der Waals surface area (Å²) >= 11 is 0. The largest absolute Gasteiger partial charge is 0.460 e. The second-order valence-electron chi connectivity index (χ2n) is 7.86. The van der Waals surface area contributed by atoms with E-state index in [9.17, 15) is 9.59 Å². The fraction of sp³-hybridized carbons (Fsp3) is 0.429. The fourth-order valence-corrected chi connectivity index (χ4v) is 3.05. The van der Waals surface area contributed by atoms with Crippen LogP contribution in [0.3, 0.4) is 0 Å². The van der Waals surface area contributed by atoms with Crippen molar-refractivity contribution in [1.82, 2.24) is 14.9 Å². The van der Waals surface area contributed by atoms with E-state index in [2.05, 4.69) is 15.3 Å². The summed E-state index contributed by atoms with van der Waals surface area (Å²) in [6.07, 6.45) is 2.76. The van der Waals surface area contributed by atoms with E-state index in [0.717, 1.165) is 5.69 Å². The van der Waals surface area contributed by atoms with Gasteiger partial charge in [-0.3, -0.25) is 9.59 Å². The molecule has 1 aromatic carbocycles. The molecule has 1 amide bonds. The molecule has 7 nitrogen and oxygen atoms in total. The highest BCUT2D eigenvalue weighted by Gasteiger charge is 2.31. The van der Waals surface area contributed by atoms with Gasteiger partial charge < -0.3 is 15.0 Å². The minimum absolute atomic E-state index is 0.152. The van der Waals surface area contributed by atoms with Gasteiger partial charge in [-0.2, -0.15) is 0 Å². The second kappa shape index (κ2) is 8.37. The van der Waals surface area contributed by atoms with Crippen LogP contribution in [0.1, 0.15) is 44.1 Å². The highest BCUT2D eigenvalue weighted by Crippen LogP contribution is 2.22. The summed E-state index contributed by atoms with van der Waals surface area (Å²) in [4.78, 5) is 35.3. The lowest BCUT2D eigenvalue weighted by Crippen LogP contribution is -2.42. The third-order valence-electron chi connectivity index (χ3n) is 4.43. The third kappa shape index (κ3) is 5.28. The molecule has 1 N–H and O–H groups in total. The number of carbonyl (C=O) groups excluding carboxylic acids is 2. The highest BCUT2D eigenvalue weighted by atomic mass is 16.6. The predicted molar refractivity (Wildman–Crippen MR) is 106 cm³/mol. The van der Waals surface area contributed by atoms with Gasteiger partial charge in [0.2, 0.25) is 5.95 Å². The molecule has 7 heteroatoms. The maximum absolute atomic E-state index is 12.8. The van der Waals surface area contributed by atoms with Gasteiger partial charge >= 0.3 is 5.97 Å². The van der Waals surface area contributed by atoms with Crippen molar-refractivity contribution in [3.63, 3.8) is 0 Å². The van der Waals surface area contributed by atoms with Crippen molar-refractivity contribution >= 4 is 23.5 Å². The molecule has 1 fully saturated rings. The fourth-order valence-electron chi connectivity index (χ4n) is 3.05. The molecule has 0 aliphatic carbocycles. The van der Waals surface area contributed by atoms with Gasteiger partial charge in [-0.25, -0.2) is 9.97 Å². The summed E-state index contributed by atoms with van der Waals surface area (Å²) in [5, 5.41) is 3.09. The van der Waals surface area contributed by atoms with Crippen LogP contribution in [-0.4, -0.2) is 45.4 Å². The Hall–Kier alpha value is -2.96. The number of nitrogens with zero attached hydrogens (tertiary/aromatic N) is 3. The van der Waals surface area contributed by atoms with Crippen LogP contribution in [0.2, 0.25) is 0 Å². The summed E-state index contributed by atoms with van der Waals surface area (Å²) in [7, 11) is 0. The first-order chi connectivity index (χ1) is 13.3. The Kier molecular flexibility index (Phi) is 5.92. The summed E-state index contributed by atoms with van der Waals surface area (Å²) < 4.78 is 5.46. The van der Waals surface area contributed by atoms with Crippen LogP contribution in [0.25, 0.3) is 0 Å². The SMILES string of the molecule is CC(C)(C)OC(=O)C1CCN(C(=O)c2ccnc(Nc3ccccc3)n2)CC1.